The lowest BCUT2D eigenvalue weighted by molar-refractivity contribution is -0.144. The first-order valence-corrected chi connectivity index (χ1v) is 7.30. The van der Waals surface area contributed by atoms with Gasteiger partial charge in [0.2, 0.25) is 5.91 Å². The largest absolute Gasteiger partial charge is 0.334 e. The van der Waals surface area contributed by atoms with Crippen molar-refractivity contribution >= 4 is 29.4 Å². The van der Waals surface area contributed by atoms with E-state index in [9.17, 15) is 19.2 Å². The third-order valence-electron chi connectivity index (χ3n) is 3.42. The Morgan fingerprint density at radius 3 is 2.29 bits per heavy atom. The number of carbonyl (C=O) groups is 4. The third kappa shape index (κ3) is 3.41. The highest BCUT2D eigenvalue weighted by molar-refractivity contribution is 6.45. The van der Waals surface area contributed by atoms with E-state index < -0.39 is 36.3 Å². The molecule has 5 amide bonds. The lowest BCUT2D eigenvalue weighted by Gasteiger charge is -2.18. The van der Waals surface area contributed by atoms with Crippen molar-refractivity contribution in [1.29, 1.82) is 5.26 Å². The molecule has 1 aromatic carbocycles. The van der Waals surface area contributed by atoms with Gasteiger partial charge in [-0.3, -0.25) is 19.3 Å². The molecule has 0 bridgehead atoms. The molecule has 0 saturated carbocycles. The van der Waals surface area contributed by atoms with E-state index in [-0.39, 0.29) is 6.42 Å². The standard InChI is InChI=1S/C16H16N4O4/c1-10(2)20-15(23)14(22)19(16(20)24)9-13(21)18-12-5-3-11(4-6-12)7-8-17/h3-6,10H,7,9H2,1-2H3,(H,18,21). The normalized spacial score (nSPS) is 14.3. The Labute approximate surface area is 138 Å². The average Bonchev–Trinajstić information content (AvgIpc) is 2.73. The van der Waals surface area contributed by atoms with Gasteiger partial charge in [0.25, 0.3) is 0 Å². The fraction of sp³-hybridized carbons (Fsp3) is 0.312. The van der Waals surface area contributed by atoms with E-state index in [1.54, 1.807) is 38.1 Å². The van der Waals surface area contributed by atoms with E-state index in [0.29, 0.717) is 10.6 Å². The summed E-state index contributed by atoms with van der Waals surface area (Å²) in [6.45, 7) is 2.68. The fourth-order valence-corrected chi connectivity index (χ4v) is 2.26. The molecule has 1 aromatic rings. The molecule has 24 heavy (non-hydrogen) atoms. The molecule has 0 atom stereocenters. The molecule has 1 N–H and O–H groups in total. The average molecular weight is 328 g/mol. The van der Waals surface area contributed by atoms with Gasteiger partial charge in [-0.2, -0.15) is 5.26 Å². The number of benzene rings is 1. The number of imide groups is 2. The lowest BCUT2D eigenvalue weighted by atomic mass is 10.1. The summed E-state index contributed by atoms with van der Waals surface area (Å²) in [6.07, 6.45) is 0.262. The molecule has 124 valence electrons. The Hall–Kier alpha value is -3.21. The van der Waals surface area contributed by atoms with Gasteiger partial charge in [-0.05, 0) is 31.5 Å². The second-order valence-corrected chi connectivity index (χ2v) is 5.52. The Balaban J connectivity index is 2.02. The highest BCUT2D eigenvalue weighted by Crippen LogP contribution is 2.16. The molecule has 1 aliphatic heterocycles. The van der Waals surface area contributed by atoms with Crippen molar-refractivity contribution < 1.29 is 19.2 Å². The number of carbonyl (C=O) groups excluding carboxylic acids is 4. The van der Waals surface area contributed by atoms with E-state index in [0.717, 1.165) is 10.5 Å². The quantitative estimate of drug-likeness (QED) is 0.637. The molecule has 0 radical (unpaired) electrons. The summed E-state index contributed by atoms with van der Waals surface area (Å²) in [4.78, 5) is 49.1. The van der Waals surface area contributed by atoms with Crippen LogP contribution in [0.25, 0.3) is 0 Å². The Morgan fingerprint density at radius 1 is 1.17 bits per heavy atom. The number of nitriles is 1. The maximum absolute atomic E-state index is 12.1. The van der Waals surface area contributed by atoms with E-state index in [1.807, 2.05) is 6.07 Å². The van der Waals surface area contributed by atoms with Gasteiger partial charge in [-0.1, -0.05) is 12.1 Å². The van der Waals surface area contributed by atoms with Gasteiger partial charge in [0.1, 0.15) is 6.54 Å². The zero-order valence-corrected chi connectivity index (χ0v) is 13.3. The van der Waals surface area contributed by atoms with Crippen molar-refractivity contribution in [2.75, 3.05) is 11.9 Å². The van der Waals surface area contributed by atoms with Crippen LogP contribution in [0.2, 0.25) is 0 Å². The highest BCUT2D eigenvalue weighted by atomic mass is 16.2. The van der Waals surface area contributed by atoms with Crippen LogP contribution < -0.4 is 5.32 Å². The van der Waals surface area contributed by atoms with Crippen LogP contribution in [0.1, 0.15) is 19.4 Å². The van der Waals surface area contributed by atoms with E-state index in [1.165, 1.54) is 0 Å². The predicted molar refractivity (Wildman–Crippen MR) is 83.5 cm³/mol. The van der Waals surface area contributed by atoms with Crippen LogP contribution in [0, 0.1) is 11.3 Å². The summed E-state index contributed by atoms with van der Waals surface area (Å²) < 4.78 is 0. The predicted octanol–water partition coefficient (Wildman–Crippen LogP) is 0.890. The van der Waals surface area contributed by atoms with Gasteiger partial charge >= 0.3 is 17.8 Å². The summed E-state index contributed by atoms with van der Waals surface area (Å²) in [5.74, 6) is -2.53. The lowest BCUT2D eigenvalue weighted by Crippen LogP contribution is -2.40. The third-order valence-corrected chi connectivity index (χ3v) is 3.42. The SMILES string of the molecule is CC(C)N1C(=O)C(=O)N(CC(=O)Nc2ccc(CC#N)cc2)C1=O. The van der Waals surface area contributed by atoms with Crippen molar-refractivity contribution in [1.82, 2.24) is 9.80 Å². The Kier molecular flexibility index (Phi) is 4.94. The van der Waals surface area contributed by atoms with Gasteiger partial charge in [0, 0.05) is 11.7 Å². The molecule has 1 fully saturated rings. The van der Waals surface area contributed by atoms with Gasteiger partial charge in [-0.15, -0.1) is 0 Å². The monoisotopic (exact) mass is 328 g/mol. The number of urea groups is 1. The first-order chi connectivity index (χ1) is 11.3. The van der Waals surface area contributed by atoms with Crippen LogP contribution in [0.5, 0.6) is 0 Å². The maximum Gasteiger partial charge on any atom is 0.334 e. The molecule has 0 aromatic heterocycles. The van der Waals surface area contributed by atoms with Crippen LogP contribution in [-0.2, 0) is 20.8 Å². The van der Waals surface area contributed by atoms with E-state index in [2.05, 4.69) is 5.32 Å². The topological polar surface area (TPSA) is 111 Å². The molecule has 8 nitrogen and oxygen atoms in total. The summed E-state index contributed by atoms with van der Waals surface area (Å²) >= 11 is 0. The van der Waals surface area contributed by atoms with Crippen molar-refractivity contribution in [3.8, 4) is 6.07 Å². The van der Waals surface area contributed by atoms with Crippen LogP contribution >= 0.6 is 0 Å². The molecule has 0 spiro atoms. The molecule has 1 heterocycles. The zero-order chi connectivity index (χ0) is 17.9. The van der Waals surface area contributed by atoms with Crippen molar-refractivity contribution in [3.05, 3.63) is 29.8 Å². The molecule has 1 saturated heterocycles. The van der Waals surface area contributed by atoms with Crippen LogP contribution in [0.15, 0.2) is 24.3 Å². The second-order valence-electron chi connectivity index (χ2n) is 5.52. The van der Waals surface area contributed by atoms with Crippen molar-refractivity contribution in [2.45, 2.75) is 26.3 Å². The smallest absolute Gasteiger partial charge is 0.325 e. The van der Waals surface area contributed by atoms with Gasteiger partial charge in [-0.25, -0.2) is 9.69 Å². The van der Waals surface area contributed by atoms with Gasteiger partial charge in [0.15, 0.2) is 0 Å². The van der Waals surface area contributed by atoms with Gasteiger partial charge in [0.05, 0.1) is 12.5 Å². The van der Waals surface area contributed by atoms with Crippen LogP contribution in [-0.4, -0.2) is 46.1 Å². The van der Waals surface area contributed by atoms with Crippen molar-refractivity contribution in [2.24, 2.45) is 0 Å². The maximum atomic E-state index is 12.1. The number of hydrogen-bond donors (Lipinski definition) is 1. The number of nitrogens with one attached hydrogen (secondary N) is 1. The Bertz CT molecular complexity index is 733. The number of rotatable bonds is 5. The summed E-state index contributed by atoms with van der Waals surface area (Å²) in [7, 11) is 0. The van der Waals surface area contributed by atoms with Crippen molar-refractivity contribution in [3.63, 3.8) is 0 Å². The molecule has 1 aliphatic rings. The first-order valence-electron chi connectivity index (χ1n) is 7.30. The Morgan fingerprint density at radius 2 is 1.79 bits per heavy atom. The minimum atomic E-state index is -1.01. The molecule has 2 rings (SSSR count). The second kappa shape index (κ2) is 6.91. The van der Waals surface area contributed by atoms with Crippen LogP contribution in [0.4, 0.5) is 10.5 Å². The van der Waals surface area contributed by atoms with Gasteiger partial charge < -0.3 is 5.32 Å². The first kappa shape index (κ1) is 17.1. The summed E-state index contributed by atoms with van der Waals surface area (Å²) in [5.41, 5.74) is 1.27. The number of nitrogens with zero attached hydrogens (tertiary/aromatic N) is 3. The minimum Gasteiger partial charge on any atom is -0.325 e. The summed E-state index contributed by atoms with van der Waals surface area (Å²) in [5, 5.41) is 11.1. The summed E-state index contributed by atoms with van der Waals surface area (Å²) in [6, 6.07) is 7.37. The highest BCUT2D eigenvalue weighted by Gasteiger charge is 2.46. The fourth-order valence-electron chi connectivity index (χ4n) is 2.26. The molecular formula is C16H16N4O4. The van der Waals surface area contributed by atoms with E-state index in [4.69, 9.17) is 5.26 Å². The number of anilines is 1. The zero-order valence-electron chi connectivity index (χ0n) is 13.3. The number of hydrogen-bond acceptors (Lipinski definition) is 5. The van der Waals surface area contributed by atoms with Crippen LogP contribution in [0.3, 0.4) is 0 Å². The molecular weight excluding hydrogens is 312 g/mol. The molecule has 0 unspecified atom stereocenters. The molecule has 0 aliphatic carbocycles. The minimum absolute atomic E-state index is 0.262. The number of amides is 5. The van der Waals surface area contributed by atoms with E-state index >= 15 is 0 Å². The molecule has 8 heteroatoms.